The van der Waals surface area contributed by atoms with E-state index in [9.17, 15) is 8.42 Å². The average Bonchev–Trinajstić information content (AvgIpc) is 3.40. The largest absolute Gasteiger partial charge is 0.491 e. The van der Waals surface area contributed by atoms with Crippen molar-refractivity contribution in [3.05, 3.63) is 53.1 Å². The molecule has 1 fully saturated rings. The average molecular weight is 464 g/mol. The van der Waals surface area contributed by atoms with Gasteiger partial charge in [0.2, 0.25) is 0 Å². The quantitative estimate of drug-likeness (QED) is 0.584. The second-order valence-corrected chi connectivity index (χ2v) is 9.92. The Morgan fingerprint density at radius 3 is 2.68 bits per heavy atom. The van der Waals surface area contributed by atoms with Crippen LogP contribution in [-0.2, 0) is 10.0 Å². The van der Waals surface area contributed by atoms with Crippen LogP contribution in [0.4, 0.5) is 5.69 Å². The summed E-state index contributed by atoms with van der Waals surface area (Å²) in [5.74, 6) is 1.29. The van der Waals surface area contributed by atoms with E-state index in [0.717, 1.165) is 19.5 Å². The summed E-state index contributed by atoms with van der Waals surface area (Å²) < 4.78 is 34.4. The molecule has 4 rings (SSSR count). The Morgan fingerprint density at radius 1 is 1.23 bits per heavy atom. The monoisotopic (exact) mass is 463 g/mol. The molecule has 0 radical (unpaired) electrons. The van der Waals surface area contributed by atoms with Crippen LogP contribution >= 0.6 is 11.6 Å². The first-order chi connectivity index (χ1) is 14.8. The number of ether oxygens (including phenoxy) is 1. The molecule has 2 aromatic rings. The molecule has 166 valence electrons. The van der Waals surface area contributed by atoms with Crippen molar-refractivity contribution in [2.24, 2.45) is 5.10 Å². The van der Waals surface area contributed by atoms with Gasteiger partial charge in [-0.1, -0.05) is 11.6 Å². The van der Waals surface area contributed by atoms with Crippen molar-refractivity contribution in [1.29, 1.82) is 0 Å². The van der Waals surface area contributed by atoms with Gasteiger partial charge in [0.25, 0.3) is 10.0 Å². The number of nitrogens with one attached hydrogen (secondary N) is 3. The molecule has 2 heterocycles. The number of hydrazone groups is 1. The van der Waals surface area contributed by atoms with Gasteiger partial charge in [-0.2, -0.15) is 5.10 Å². The lowest BCUT2D eigenvalue weighted by Gasteiger charge is -2.26. The van der Waals surface area contributed by atoms with Gasteiger partial charge in [0, 0.05) is 23.2 Å². The highest BCUT2D eigenvalue weighted by Gasteiger charge is 2.31. The summed E-state index contributed by atoms with van der Waals surface area (Å²) in [6.45, 7) is 6.20. The highest BCUT2D eigenvalue weighted by molar-refractivity contribution is 7.92. The lowest BCUT2D eigenvalue weighted by molar-refractivity contribution is 0.242. The van der Waals surface area contributed by atoms with Gasteiger partial charge in [0.05, 0.1) is 16.7 Å². The Kier molecular flexibility index (Phi) is 6.27. The first-order valence-electron chi connectivity index (χ1n) is 10.2. The molecule has 3 N–H and O–H groups in total. The van der Waals surface area contributed by atoms with Crippen molar-refractivity contribution < 1.29 is 13.2 Å². The second kappa shape index (κ2) is 8.94. The van der Waals surface area contributed by atoms with Crippen LogP contribution < -0.4 is 20.2 Å². The first-order valence-corrected chi connectivity index (χ1v) is 12.1. The summed E-state index contributed by atoms with van der Waals surface area (Å²) in [6.07, 6.45) is 1.00. The summed E-state index contributed by atoms with van der Waals surface area (Å²) >= 11 is 6.25. The molecule has 0 aliphatic carbocycles. The maximum atomic E-state index is 13.1. The Morgan fingerprint density at radius 2 is 2.00 bits per heavy atom. The van der Waals surface area contributed by atoms with Gasteiger partial charge >= 0.3 is 0 Å². The van der Waals surface area contributed by atoms with Crippen LogP contribution in [0.2, 0.25) is 5.02 Å². The third kappa shape index (κ3) is 4.89. The van der Waals surface area contributed by atoms with Crippen molar-refractivity contribution in [2.45, 2.75) is 37.3 Å². The molecule has 1 saturated heterocycles. The zero-order chi connectivity index (χ0) is 22.0. The van der Waals surface area contributed by atoms with Crippen molar-refractivity contribution in [1.82, 2.24) is 15.6 Å². The molecular weight excluding hydrogens is 438 g/mol. The molecule has 0 aromatic heterocycles. The van der Waals surface area contributed by atoms with E-state index in [0.29, 0.717) is 34.5 Å². The Labute approximate surface area is 187 Å². The maximum Gasteiger partial charge on any atom is 0.261 e. The van der Waals surface area contributed by atoms with Crippen LogP contribution in [0.15, 0.2) is 52.5 Å². The molecule has 8 nitrogen and oxygen atoms in total. The maximum absolute atomic E-state index is 13.1. The lowest BCUT2D eigenvalue weighted by atomic mass is 10.1. The number of rotatable bonds is 7. The van der Waals surface area contributed by atoms with Crippen LogP contribution in [0.25, 0.3) is 0 Å². The van der Waals surface area contributed by atoms with Crippen LogP contribution in [0.3, 0.4) is 0 Å². The number of sulfonamides is 1. The molecule has 0 bridgehead atoms. The van der Waals surface area contributed by atoms with Gasteiger partial charge in [0.1, 0.15) is 12.4 Å². The van der Waals surface area contributed by atoms with E-state index < -0.39 is 10.0 Å². The number of amidine groups is 1. The Balaban J connectivity index is 1.61. The fraction of sp³-hybridized carbons (Fsp3) is 0.381. The number of hydrogen-bond acceptors (Lipinski definition) is 7. The van der Waals surface area contributed by atoms with E-state index in [2.05, 4.69) is 25.5 Å². The smallest absolute Gasteiger partial charge is 0.261 e. The third-order valence-electron chi connectivity index (χ3n) is 5.15. The number of hydrogen-bond donors (Lipinski definition) is 3. The molecule has 0 unspecified atom stereocenters. The molecule has 0 saturated carbocycles. The molecule has 0 spiro atoms. The van der Waals surface area contributed by atoms with Gasteiger partial charge in [-0.05, 0) is 69.3 Å². The van der Waals surface area contributed by atoms with E-state index in [1.165, 1.54) is 12.1 Å². The summed E-state index contributed by atoms with van der Waals surface area (Å²) in [6, 6.07) is 11.7. The fourth-order valence-electron chi connectivity index (χ4n) is 3.71. The van der Waals surface area contributed by atoms with Crippen molar-refractivity contribution >= 4 is 33.1 Å². The fourth-order valence-corrected chi connectivity index (χ4v) is 4.96. The van der Waals surface area contributed by atoms with Crippen molar-refractivity contribution in [2.75, 3.05) is 24.5 Å². The molecule has 1 atom stereocenters. The van der Waals surface area contributed by atoms with Crippen molar-refractivity contribution in [3.63, 3.8) is 0 Å². The zero-order valence-electron chi connectivity index (χ0n) is 17.4. The summed E-state index contributed by atoms with van der Waals surface area (Å²) in [7, 11) is -3.81. The number of anilines is 1. The van der Waals surface area contributed by atoms with Gasteiger partial charge in [-0.25, -0.2) is 8.42 Å². The Hall–Kier alpha value is -2.49. The molecule has 2 aliphatic heterocycles. The van der Waals surface area contributed by atoms with Crippen LogP contribution in [0.5, 0.6) is 5.75 Å². The Bertz CT molecular complexity index is 1070. The molecule has 10 heteroatoms. The number of benzene rings is 2. The van der Waals surface area contributed by atoms with E-state index in [1.54, 1.807) is 30.3 Å². The van der Waals surface area contributed by atoms with Gasteiger partial charge in [0.15, 0.2) is 5.84 Å². The predicted octanol–water partition coefficient (Wildman–Crippen LogP) is 2.81. The molecule has 2 aromatic carbocycles. The van der Waals surface area contributed by atoms with E-state index >= 15 is 0 Å². The summed E-state index contributed by atoms with van der Waals surface area (Å²) in [4.78, 5) is 2.29. The highest BCUT2D eigenvalue weighted by Crippen LogP contribution is 2.28. The van der Waals surface area contributed by atoms with Gasteiger partial charge in [-0.15, -0.1) is 0 Å². The van der Waals surface area contributed by atoms with E-state index in [1.807, 2.05) is 13.8 Å². The summed E-state index contributed by atoms with van der Waals surface area (Å²) in [5, 5.41) is 8.29. The predicted molar refractivity (Wildman–Crippen MR) is 122 cm³/mol. The lowest BCUT2D eigenvalue weighted by Crippen LogP contribution is -2.41. The zero-order valence-corrected chi connectivity index (χ0v) is 19.0. The second-order valence-electron chi connectivity index (χ2n) is 7.80. The van der Waals surface area contributed by atoms with E-state index in [4.69, 9.17) is 16.3 Å². The number of halogens is 1. The van der Waals surface area contributed by atoms with Crippen molar-refractivity contribution in [3.8, 4) is 5.75 Å². The van der Waals surface area contributed by atoms with E-state index in [-0.39, 0.29) is 17.0 Å². The van der Waals surface area contributed by atoms with Crippen LogP contribution in [-0.4, -0.2) is 51.1 Å². The molecule has 0 amide bonds. The van der Waals surface area contributed by atoms with Gasteiger partial charge < -0.3 is 15.0 Å². The van der Waals surface area contributed by atoms with Gasteiger partial charge in [-0.3, -0.25) is 10.1 Å². The molecule has 2 aliphatic rings. The topological polar surface area (TPSA) is 95.1 Å². The third-order valence-corrected chi connectivity index (χ3v) is 6.76. The summed E-state index contributed by atoms with van der Waals surface area (Å²) in [5.41, 5.74) is 4.07. The SMILES string of the molecule is CC(C)Oc1ccc(S(=O)(=O)Nc2ccc(Cl)cc2C2=NNCN2[C@H]2CCNC2)cc1. The molecule has 31 heavy (non-hydrogen) atoms. The normalized spacial score (nSPS) is 18.8. The van der Waals surface area contributed by atoms with Crippen LogP contribution in [0, 0.1) is 0 Å². The minimum Gasteiger partial charge on any atom is -0.491 e. The first kappa shape index (κ1) is 21.7. The highest BCUT2D eigenvalue weighted by atomic mass is 35.5. The minimum atomic E-state index is -3.81. The van der Waals surface area contributed by atoms with Crippen LogP contribution in [0.1, 0.15) is 25.8 Å². The molecular formula is C21H26ClN5O3S. The minimum absolute atomic E-state index is 0.0102. The number of nitrogens with zero attached hydrogens (tertiary/aromatic N) is 2. The standard InChI is InChI=1S/C21H26ClN5O3S/c1-14(2)30-17-4-6-18(7-5-17)31(28,29)26-20-8-3-15(22)11-19(20)21-25-24-13-27(21)16-9-10-23-12-16/h3-8,11,14,16,23-24,26H,9-10,12-13H2,1-2H3/t16-/m0/s1.